The van der Waals surface area contributed by atoms with Gasteiger partial charge in [-0.25, -0.2) is 0 Å². The molecule has 0 unspecified atom stereocenters. The summed E-state index contributed by atoms with van der Waals surface area (Å²) in [6.45, 7) is 0.752. The van der Waals surface area contributed by atoms with E-state index in [1.54, 1.807) is 12.1 Å². The second-order valence-corrected chi connectivity index (χ2v) is 5.77. The van der Waals surface area contributed by atoms with E-state index in [0.717, 1.165) is 10.5 Å². The number of carbonyl (C=O) groups excluding carboxylic acids is 3. The van der Waals surface area contributed by atoms with Gasteiger partial charge < -0.3 is 10.1 Å². The average Bonchev–Trinajstić information content (AvgIpc) is 2.84. The maximum atomic E-state index is 12.0. The van der Waals surface area contributed by atoms with Gasteiger partial charge >= 0.3 is 0 Å². The average molecular weight is 338 g/mol. The number of fused-ring (bicyclic) bond motifs is 1. The Kier molecular flexibility index (Phi) is 4.90. The molecule has 1 aliphatic heterocycles. The van der Waals surface area contributed by atoms with Crippen molar-refractivity contribution in [2.24, 2.45) is 0 Å². The van der Waals surface area contributed by atoms with E-state index < -0.39 is 0 Å². The van der Waals surface area contributed by atoms with Gasteiger partial charge in [0.25, 0.3) is 11.8 Å². The van der Waals surface area contributed by atoms with Gasteiger partial charge in [-0.2, -0.15) is 0 Å². The molecule has 0 saturated heterocycles. The first-order valence-electron chi connectivity index (χ1n) is 7.94. The third kappa shape index (κ3) is 3.75. The highest BCUT2D eigenvalue weighted by molar-refractivity contribution is 6.21. The lowest BCUT2D eigenvalue weighted by Gasteiger charge is -2.07. The summed E-state index contributed by atoms with van der Waals surface area (Å²) in [6, 6.07) is 14.4. The molecule has 128 valence electrons. The van der Waals surface area contributed by atoms with Crippen LogP contribution in [0, 0.1) is 0 Å². The van der Waals surface area contributed by atoms with Crippen molar-refractivity contribution in [1.82, 2.24) is 4.90 Å². The number of hydrogen-bond acceptors (Lipinski definition) is 4. The van der Waals surface area contributed by atoms with Crippen LogP contribution in [0.4, 0.5) is 5.69 Å². The largest absolute Gasteiger partial charge is 0.376 e. The van der Waals surface area contributed by atoms with E-state index in [1.807, 2.05) is 30.3 Å². The molecule has 0 fully saturated rings. The van der Waals surface area contributed by atoms with Crippen molar-refractivity contribution in [3.8, 4) is 0 Å². The molecular formula is C19H18N2O4. The van der Waals surface area contributed by atoms with Gasteiger partial charge in [-0.1, -0.05) is 30.3 Å². The summed E-state index contributed by atoms with van der Waals surface area (Å²) < 4.78 is 5.48. The number of hydrogen-bond donors (Lipinski definition) is 1. The summed E-state index contributed by atoms with van der Waals surface area (Å²) in [7, 11) is 1.44. The van der Waals surface area contributed by atoms with E-state index in [1.165, 1.54) is 13.1 Å². The fraction of sp³-hybridized carbons (Fsp3) is 0.211. The van der Waals surface area contributed by atoms with E-state index in [0.29, 0.717) is 30.0 Å². The first kappa shape index (κ1) is 16.9. The first-order chi connectivity index (χ1) is 12.1. The minimum Gasteiger partial charge on any atom is -0.376 e. The zero-order valence-corrected chi connectivity index (χ0v) is 13.8. The van der Waals surface area contributed by atoms with Crippen molar-refractivity contribution in [2.75, 3.05) is 19.0 Å². The summed E-state index contributed by atoms with van der Waals surface area (Å²) in [4.78, 5) is 36.8. The third-order valence-electron chi connectivity index (χ3n) is 3.96. The predicted molar refractivity (Wildman–Crippen MR) is 92.2 cm³/mol. The normalized spacial score (nSPS) is 13.1. The van der Waals surface area contributed by atoms with Crippen LogP contribution >= 0.6 is 0 Å². The number of amides is 3. The van der Waals surface area contributed by atoms with Crippen molar-refractivity contribution in [1.29, 1.82) is 0 Å². The lowest BCUT2D eigenvalue weighted by atomic mass is 10.1. The minimum absolute atomic E-state index is 0.205. The number of nitrogens with zero attached hydrogens (tertiary/aromatic N) is 1. The molecule has 3 rings (SSSR count). The van der Waals surface area contributed by atoms with Crippen LogP contribution in [0.1, 0.15) is 32.7 Å². The molecule has 0 radical (unpaired) electrons. The second-order valence-electron chi connectivity index (χ2n) is 5.77. The lowest BCUT2D eigenvalue weighted by Crippen LogP contribution is -2.24. The van der Waals surface area contributed by atoms with E-state index >= 15 is 0 Å². The van der Waals surface area contributed by atoms with Gasteiger partial charge in [0.05, 0.1) is 30.8 Å². The van der Waals surface area contributed by atoms with Crippen molar-refractivity contribution in [3.05, 3.63) is 65.2 Å². The van der Waals surface area contributed by atoms with Gasteiger partial charge in [-0.3, -0.25) is 19.3 Å². The number of carbonyl (C=O) groups is 3. The zero-order chi connectivity index (χ0) is 17.8. The Balaban J connectivity index is 1.50. The third-order valence-corrected chi connectivity index (χ3v) is 3.96. The van der Waals surface area contributed by atoms with Crippen LogP contribution in [-0.4, -0.2) is 36.3 Å². The molecule has 25 heavy (non-hydrogen) atoms. The SMILES string of the molecule is CN1C(=O)c2ccc(NC(=O)CCOCc3ccccc3)cc2C1=O. The minimum atomic E-state index is -0.359. The number of benzene rings is 2. The highest BCUT2D eigenvalue weighted by Gasteiger charge is 2.32. The standard InChI is InChI=1S/C19H18N2O4/c1-21-18(23)15-8-7-14(11-16(15)19(21)24)20-17(22)9-10-25-12-13-5-3-2-4-6-13/h2-8,11H,9-10,12H2,1H3,(H,20,22). The molecule has 2 aromatic carbocycles. The molecule has 0 bridgehead atoms. The van der Waals surface area contributed by atoms with Gasteiger partial charge in [0.1, 0.15) is 0 Å². The summed E-state index contributed by atoms with van der Waals surface area (Å²) in [5.74, 6) is -0.896. The Hall–Kier alpha value is -2.99. The Morgan fingerprint density at radius 2 is 1.76 bits per heavy atom. The van der Waals surface area contributed by atoms with E-state index in [2.05, 4.69) is 5.32 Å². The highest BCUT2D eigenvalue weighted by atomic mass is 16.5. The summed E-state index contributed by atoms with van der Waals surface area (Å²) in [6.07, 6.45) is 0.205. The molecule has 1 N–H and O–H groups in total. The Morgan fingerprint density at radius 1 is 1.04 bits per heavy atom. The molecule has 0 spiro atoms. The maximum absolute atomic E-state index is 12.0. The number of imide groups is 1. The molecule has 1 heterocycles. The molecule has 2 aromatic rings. The van der Waals surface area contributed by atoms with Crippen LogP contribution in [0.3, 0.4) is 0 Å². The molecule has 0 aromatic heterocycles. The van der Waals surface area contributed by atoms with Gasteiger partial charge in [-0.15, -0.1) is 0 Å². The van der Waals surface area contributed by atoms with Crippen molar-refractivity contribution < 1.29 is 19.1 Å². The Bertz CT molecular complexity index is 817. The molecule has 0 aliphatic carbocycles. The monoisotopic (exact) mass is 338 g/mol. The van der Waals surface area contributed by atoms with Gasteiger partial charge in [0.2, 0.25) is 5.91 Å². The fourth-order valence-corrected chi connectivity index (χ4v) is 2.59. The lowest BCUT2D eigenvalue weighted by molar-refractivity contribution is -0.117. The Morgan fingerprint density at radius 3 is 2.52 bits per heavy atom. The summed E-state index contributed by atoms with van der Waals surface area (Å²) in [5, 5.41) is 2.72. The molecular weight excluding hydrogens is 320 g/mol. The Labute approximate surface area is 145 Å². The first-order valence-corrected chi connectivity index (χ1v) is 7.94. The van der Waals surface area contributed by atoms with Crippen LogP contribution in [-0.2, 0) is 16.1 Å². The van der Waals surface area contributed by atoms with E-state index in [9.17, 15) is 14.4 Å². The van der Waals surface area contributed by atoms with Gasteiger partial charge in [-0.05, 0) is 23.8 Å². The molecule has 6 heteroatoms. The van der Waals surface area contributed by atoms with Gasteiger partial charge in [0.15, 0.2) is 0 Å². The quantitative estimate of drug-likeness (QED) is 0.648. The van der Waals surface area contributed by atoms with Crippen molar-refractivity contribution in [3.63, 3.8) is 0 Å². The fourth-order valence-electron chi connectivity index (χ4n) is 2.59. The smallest absolute Gasteiger partial charge is 0.261 e. The highest BCUT2D eigenvalue weighted by Crippen LogP contribution is 2.24. The van der Waals surface area contributed by atoms with E-state index in [4.69, 9.17) is 4.74 Å². The number of anilines is 1. The second kappa shape index (κ2) is 7.27. The van der Waals surface area contributed by atoms with Gasteiger partial charge in [0, 0.05) is 12.7 Å². The number of nitrogens with one attached hydrogen (secondary N) is 1. The van der Waals surface area contributed by atoms with Crippen LogP contribution in [0.25, 0.3) is 0 Å². The summed E-state index contributed by atoms with van der Waals surface area (Å²) in [5.41, 5.74) is 2.21. The van der Waals surface area contributed by atoms with Crippen molar-refractivity contribution >= 4 is 23.4 Å². The maximum Gasteiger partial charge on any atom is 0.261 e. The van der Waals surface area contributed by atoms with Crippen LogP contribution in [0.15, 0.2) is 48.5 Å². The zero-order valence-electron chi connectivity index (χ0n) is 13.8. The number of ether oxygens (including phenoxy) is 1. The van der Waals surface area contributed by atoms with Crippen molar-refractivity contribution in [2.45, 2.75) is 13.0 Å². The summed E-state index contributed by atoms with van der Waals surface area (Å²) >= 11 is 0. The molecule has 0 atom stereocenters. The van der Waals surface area contributed by atoms with Crippen LogP contribution in [0.5, 0.6) is 0 Å². The molecule has 1 aliphatic rings. The molecule has 3 amide bonds. The topological polar surface area (TPSA) is 75.7 Å². The molecule has 6 nitrogen and oxygen atoms in total. The van der Waals surface area contributed by atoms with Crippen LogP contribution < -0.4 is 5.32 Å². The molecule has 0 saturated carbocycles. The van der Waals surface area contributed by atoms with E-state index in [-0.39, 0.29) is 24.1 Å². The number of rotatable bonds is 6. The van der Waals surface area contributed by atoms with Crippen LogP contribution in [0.2, 0.25) is 0 Å². The predicted octanol–water partition coefficient (Wildman–Crippen LogP) is 2.46.